The van der Waals surface area contributed by atoms with E-state index in [1.807, 2.05) is 19.1 Å². The Labute approximate surface area is 98.5 Å². The Morgan fingerprint density at radius 3 is 2.50 bits per heavy atom. The molecule has 1 aromatic carbocycles. The van der Waals surface area contributed by atoms with Gasteiger partial charge in [-0.05, 0) is 44.9 Å². The van der Waals surface area contributed by atoms with Crippen molar-refractivity contribution >= 4 is 5.69 Å². The molecular weight excluding hydrogens is 196 g/mol. The standard InChI is InChI=1S/C14H20N2/c1-6-14(3,4)16(5)13-8-7-11(2)9-12(13)10-15/h7-9H,6H2,1-5H3. The molecule has 16 heavy (non-hydrogen) atoms. The summed E-state index contributed by atoms with van der Waals surface area (Å²) in [5.41, 5.74) is 2.97. The molecule has 1 rings (SSSR count). The molecule has 0 aliphatic carbocycles. The first-order valence-corrected chi connectivity index (χ1v) is 5.67. The Balaban J connectivity index is 3.19. The maximum Gasteiger partial charge on any atom is 0.101 e. The van der Waals surface area contributed by atoms with Crippen LogP contribution in [0.2, 0.25) is 0 Å². The van der Waals surface area contributed by atoms with Gasteiger partial charge in [0.25, 0.3) is 0 Å². The molecular formula is C14H20N2. The van der Waals surface area contributed by atoms with E-state index in [1.165, 1.54) is 0 Å². The van der Waals surface area contributed by atoms with Gasteiger partial charge >= 0.3 is 0 Å². The van der Waals surface area contributed by atoms with Gasteiger partial charge < -0.3 is 4.90 Å². The summed E-state index contributed by atoms with van der Waals surface area (Å²) < 4.78 is 0. The molecule has 0 amide bonds. The number of hydrogen-bond acceptors (Lipinski definition) is 2. The summed E-state index contributed by atoms with van der Waals surface area (Å²) in [6, 6.07) is 8.30. The lowest BCUT2D eigenvalue weighted by Gasteiger charge is -2.37. The Hall–Kier alpha value is -1.49. The summed E-state index contributed by atoms with van der Waals surface area (Å²) in [6.07, 6.45) is 1.04. The summed E-state index contributed by atoms with van der Waals surface area (Å²) in [6.45, 7) is 8.55. The van der Waals surface area contributed by atoms with E-state index < -0.39 is 0 Å². The van der Waals surface area contributed by atoms with Gasteiger partial charge in [-0.25, -0.2) is 0 Å². The molecule has 1 aromatic rings. The van der Waals surface area contributed by atoms with E-state index in [4.69, 9.17) is 5.26 Å². The van der Waals surface area contributed by atoms with Crippen LogP contribution in [0.15, 0.2) is 18.2 Å². The van der Waals surface area contributed by atoms with Gasteiger partial charge in [-0.2, -0.15) is 5.26 Å². The van der Waals surface area contributed by atoms with Gasteiger partial charge in [-0.3, -0.25) is 0 Å². The Kier molecular flexibility index (Phi) is 3.59. The van der Waals surface area contributed by atoms with E-state index in [0.29, 0.717) is 0 Å². The van der Waals surface area contributed by atoms with E-state index in [2.05, 4.69) is 44.9 Å². The molecule has 0 fully saturated rings. The maximum absolute atomic E-state index is 9.15. The van der Waals surface area contributed by atoms with E-state index in [0.717, 1.165) is 23.2 Å². The summed E-state index contributed by atoms with van der Waals surface area (Å²) >= 11 is 0. The van der Waals surface area contributed by atoms with Gasteiger partial charge in [0.15, 0.2) is 0 Å². The minimum absolute atomic E-state index is 0.0703. The van der Waals surface area contributed by atoms with Crippen molar-refractivity contribution in [3.8, 4) is 6.07 Å². The molecule has 0 bridgehead atoms. The third kappa shape index (κ3) is 2.36. The average molecular weight is 216 g/mol. The zero-order chi connectivity index (χ0) is 12.3. The van der Waals surface area contributed by atoms with E-state index >= 15 is 0 Å². The van der Waals surface area contributed by atoms with E-state index in [1.54, 1.807) is 0 Å². The van der Waals surface area contributed by atoms with Crippen molar-refractivity contribution in [1.82, 2.24) is 0 Å². The van der Waals surface area contributed by atoms with Gasteiger partial charge in [0.05, 0.1) is 11.3 Å². The molecule has 0 atom stereocenters. The van der Waals surface area contributed by atoms with Crippen LogP contribution in [0.3, 0.4) is 0 Å². The smallest absolute Gasteiger partial charge is 0.101 e. The van der Waals surface area contributed by atoms with Crippen molar-refractivity contribution in [3.63, 3.8) is 0 Å². The van der Waals surface area contributed by atoms with Gasteiger partial charge in [0, 0.05) is 12.6 Å². The van der Waals surface area contributed by atoms with Crippen LogP contribution in [-0.2, 0) is 0 Å². The van der Waals surface area contributed by atoms with Crippen LogP contribution in [0, 0.1) is 18.3 Å². The summed E-state index contributed by atoms with van der Waals surface area (Å²) in [4.78, 5) is 2.19. The average Bonchev–Trinajstić information content (AvgIpc) is 2.27. The highest BCUT2D eigenvalue weighted by Crippen LogP contribution is 2.28. The highest BCUT2D eigenvalue weighted by atomic mass is 15.2. The van der Waals surface area contributed by atoms with Crippen LogP contribution in [0.25, 0.3) is 0 Å². The van der Waals surface area contributed by atoms with Crippen molar-refractivity contribution in [2.24, 2.45) is 0 Å². The highest BCUT2D eigenvalue weighted by Gasteiger charge is 2.23. The van der Waals surface area contributed by atoms with Crippen molar-refractivity contribution in [3.05, 3.63) is 29.3 Å². The zero-order valence-electron chi connectivity index (χ0n) is 10.8. The normalized spacial score (nSPS) is 11.0. The van der Waals surface area contributed by atoms with Crippen molar-refractivity contribution in [2.45, 2.75) is 39.7 Å². The Morgan fingerprint density at radius 2 is 2.00 bits per heavy atom. The van der Waals surface area contributed by atoms with E-state index in [9.17, 15) is 0 Å². The Bertz CT molecular complexity index is 413. The summed E-state index contributed by atoms with van der Waals surface area (Å²) in [7, 11) is 2.05. The van der Waals surface area contributed by atoms with Crippen LogP contribution in [-0.4, -0.2) is 12.6 Å². The molecule has 0 spiro atoms. The number of anilines is 1. The molecule has 0 aromatic heterocycles. The van der Waals surface area contributed by atoms with Crippen LogP contribution in [0.5, 0.6) is 0 Å². The quantitative estimate of drug-likeness (QED) is 0.773. The second-order valence-electron chi connectivity index (χ2n) is 4.86. The molecule has 0 saturated carbocycles. The van der Waals surface area contributed by atoms with Crippen LogP contribution < -0.4 is 4.90 Å². The number of benzene rings is 1. The third-order valence-corrected chi connectivity index (χ3v) is 3.41. The molecule has 0 saturated heterocycles. The lowest BCUT2D eigenvalue weighted by molar-refractivity contribution is 0.470. The predicted molar refractivity (Wildman–Crippen MR) is 68.7 cm³/mol. The van der Waals surface area contributed by atoms with Gasteiger partial charge in [0.1, 0.15) is 6.07 Å². The van der Waals surface area contributed by atoms with Crippen LogP contribution in [0.1, 0.15) is 38.3 Å². The fraction of sp³-hybridized carbons (Fsp3) is 0.500. The zero-order valence-corrected chi connectivity index (χ0v) is 10.8. The molecule has 0 aliphatic heterocycles. The fourth-order valence-electron chi connectivity index (χ4n) is 1.60. The van der Waals surface area contributed by atoms with Crippen LogP contribution >= 0.6 is 0 Å². The third-order valence-electron chi connectivity index (χ3n) is 3.41. The molecule has 2 nitrogen and oxygen atoms in total. The monoisotopic (exact) mass is 216 g/mol. The molecule has 0 aliphatic rings. The predicted octanol–water partition coefficient (Wildman–Crippen LogP) is 3.49. The molecule has 0 unspecified atom stereocenters. The first-order valence-electron chi connectivity index (χ1n) is 5.67. The number of hydrogen-bond donors (Lipinski definition) is 0. The van der Waals surface area contributed by atoms with Crippen molar-refractivity contribution in [2.75, 3.05) is 11.9 Å². The molecule has 0 radical (unpaired) electrons. The van der Waals surface area contributed by atoms with Gasteiger partial charge in [0.2, 0.25) is 0 Å². The van der Waals surface area contributed by atoms with Gasteiger partial charge in [-0.15, -0.1) is 0 Å². The van der Waals surface area contributed by atoms with E-state index in [-0.39, 0.29) is 5.54 Å². The summed E-state index contributed by atoms with van der Waals surface area (Å²) in [5, 5.41) is 9.15. The molecule has 0 N–H and O–H groups in total. The lowest BCUT2D eigenvalue weighted by Crippen LogP contribution is -2.40. The SMILES string of the molecule is CCC(C)(C)N(C)c1ccc(C)cc1C#N. The van der Waals surface area contributed by atoms with Crippen molar-refractivity contribution in [1.29, 1.82) is 5.26 Å². The number of aryl methyl sites for hydroxylation is 1. The topological polar surface area (TPSA) is 27.0 Å². The Morgan fingerprint density at radius 1 is 1.38 bits per heavy atom. The maximum atomic E-state index is 9.15. The minimum atomic E-state index is 0.0703. The first kappa shape index (κ1) is 12.6. The summed E-state index contributed by atoms with van der Waals surface area (Å²) in [5.74, 6) is 0. The number of nitrogens with zero attached hydrogens (tertiary/aromatic N) is 2. The van der Waals surface area contributed by atoms with Gasteiger partial charge in [-0.1, -0.05) is 13.0 Å². The first-order chi connectivity index (χ1) is 7.42. The molecule has 2 heteroatoms. The molecule has 86 valence electrons. The van der Waals surface area contributed by atoms with Crippen molar-refractivity contribution < 1.29 is 0 Å². The van der Waals surface area contributed by atoms with Crippen LogP contribution in [0.4, 0.5) is 5.69 Å². The second kappa shape index (κ2) is 4.57. The molecule has 0 heterocycles. The number of nitriles is 1. The minimum Gasteiger partial charge on any atom is -0.368 e. The highest BCUT2D eigenvalue weighted by molar-refractivity contribution is 5.61. The largest absolute Gasteiger partial charge is 0.368 e. The second-order valence-corrected chi connectivity index (χ2v) is 4.86. The fourth-order valence-corrected chi connectivity index (χ4v) is 1.60. The lowest BCUT2D eigenvalue weighted by atomic mass is 9.97. The number of rotatable bonds is 3.